The summed E-state index contributed by atoms with van der Waals surface area (Å²) in [5, 5.41) is 6.98. The van der Waals surface area contributed by atoms with E-state index >= 15 is 0 Å². The number of guanidine groups is 1. The summed E-state index contributed by atoms with van der Waals surface area (Å²) in [5.74, 6) is 0.748. The Kier molecular flexibility index (Phi) is 12.3. The molecule has 2 rings (SSSR count). The second-order valence-electron chi connectivity index (χ2n) is 7.72. The first-order valence-corrected chi connectivity index (χ1v) is 10.5. The number of likely N-dealkylation sites (tertiary alicyclic amines) is 1. The van der Waals surface area contributed by atoms with Gasteiger partial charge in [0.25, 0.3) is 0 Å². The first-order chi connectivity index (χ1) is 12.7. The van der Waals surface area contributed by atoms with E-state index in [4.69, 9.17) is 0 Å². The van der Waals surface area contributed by atoms with Crippen LogP contribution in [0.3, 0.4) is 0 Å². The van der Waals surface area contributed by atoms with Crippen LogP contribution in [0.5, 0.6) is 0 Å². The quantitative estimate of drug-likeness (QED) is 0.178. The molecule has 0 bridgehead atoms. The van der Waals surface area contributed by atoms with Crippen molar-refractivity contribution in [1.29, 1.82) is 0 Å². The van der Waals surface area contributed by atoms with Crippen LogP contribution in [0.4, 0.5) is 0 Å². The van der Waals surface area contributed by atoms with Gasteiger partial charge in [0.2, 0.25) is 0 Å². The maximum absolute atomic E-state index is 11.1. The molecule has 1 saturated carbocycles. The van der Waals surface area contributed by atoms with Gasteiger partial charge in [-0.15, -0.1) is 24.0 Å². The highest BCUT2D eigenvalue weighted by Gasteiger charge is 2.38. The number of esters is 1. The highest BCUT2D eigenvalue weighted by Crippen LogP contribution is 2.35. The standard InChI is InChI=1S/C20H38N4O2.HI/c1-21-19(22-14-8-5-11-18(25)26-2)23-17-20(12-6-3-7-13-20)24-15-9-4-10-16-24;/h3-17H2,1-2H3,(H2,21,22,23);1H. The molecule has 1 saturated heterocycles. The summed E-state index contributed by atoms with van der Waals surface area (Å²) in [4.78, 5) is 18.3. The number of nitrogens with one attached hydrogen (secondary N) is 2. The van der Waals surface area contributed by atoms with Crippen molar-refractivity contribution in [1.82, 2.24) is 15.5 Å². The van der Waals surface area contributed by atoms with Crippen LogP contribution in [0.1, 0.15) is 70.6 Å². The Morgan fingerprint density at radius 1 is 1.04 bits per heavy atom. The zero-order chi connectivity index (χ0) is 18.7. The lowest BCUT2D eigenvalue weighted by atomic mass is 9.79. The third kappa shape index (κ3) is 8.13. The second-order valence-corrected chi connectivity index (χ2v) is 7.72. The topological polar surface area (TPSA) is 66.0 Å². The number of hydrogen-bond acceptors (Lipinski definition) is 4. The number of rotatable bonds is 8. The van der Waals surface area contributed by atoms with Gasteiger partial charge in [0.05, 0.1) is 7.11 Å². The predicted molar refractivity (Wildman–Crippen MR) is 122 cm³/mol. The molecule has 0 aromatic rings. The van der Waals surface area contributed by atoms with Crippen LogP contribution in [-0.4, -0.2) is 62.7 Å². The Morgan fingerprint density at radius 2 is 1.70 bits per heavy atom. The molecule has 0 radical (unpaired) electrons. The van der Waals surface area contributed by atoms with E-state index in [2.05, 4.69) is 25.3 Å². The molecule has 6 nitrogen and oxygen atoms in total. The molecule has 0 aromatic carbocycles. The Bertz CT molecular complexity index is 447. The largest absolute Gasteiger partial charge is 0.469 e. The van der Waals surface area contributed by atoms with Crippen LogP contribution < -0.4 is 10.6 Å². The summed E-state index contributed by atoms with van der Waals surface area (Å²) in [6, 6.07) is 0. The van der Waals surface area contributed by atoms with Crippen LogP contribution >= 0.6 is 24.0 Å². The fourth-order valence-electron chi connectivity index (χ4n) is 4.36. The Labute approximate surface area is 182 Å². The van der Waals surface area contributed by atoms with Crippen molar-refractivity contribution < 1.29 is 9.53 Å². The number of methoxy groups -OCH3 is 1. The zero-order valence-electron chi connectivity index (χ0n) is 17.2. The normalized spacial score (nSPS) is 20.4. The monoisotopic (exact) mass is 494 g/mol. The van der Waals surface area contributed by atoms with Crippen LogP contribution in [0.2, 0.25) is 0 Å². The predicted octanol–water partition coefficient (Wildman–Crippen LogP) is 3.30. The smallest absolute Gasteiger partial charge is 0.305 e. The Morgan fingerprint density at radius 3 is 2.33 bits per heavy atom. The van der Waals surface area contributed by atoms with Crippen molar-refractivity contribution in [3.8, 4) is 0 Å². The molecule has 158 valence electrons. The number of piperidine rings is 1. The minimum absolute atomic E-state index is 0. The molecule has 0 unspecified atom stereocenters. The molecular formula is C20H39IN4O2. The van der Waals surface area contributed by atoms with E-state index in [-0.39, 0.29) is 29.9 Å². The molecule has 0 atom stereocenters. The molecule has 1 aliphatic heterocycles. The molecule has 0 spiro atoms. The molecule has 1 aliphatic carbocycles. The molecular weight excluding hydrogens is 455 g/mol. The van der Waals surface area contributed by atoms with Crippen LogP contribution in [-0.2, 0) is 9.53 Å². The van der Waals surface area contributed by atoms with Gasteiger partial charge >= 0.3 is 5.97 Å². The number of unbranched alkanes of at least 4 members (excludes halogenated alkanes) is 1. The molecule has 7 heteroatoms. The second kappa shape index (κ2) is 13.6. The SMILES string of the molecule is CN=C(NCCCCC(=O)OC)NCC1(N2CCCCC2)CCCCC1.I. The maximum Gasteiger partial charge on any atom is 0.305 e. The highest BCUT2D eigenvalue weighted by molar-refractivity contribution is 14.0. The number of carbonyl (C=O) groups is 1. The molecule has 2 fully saturated rings. The van der Waals surface area contributed by atoms with Crippen LogP contribution in [0.15, 0.2) is 4.99 Å². The number of halogens is 1. The summed E-state index contributed by atoms with van der Waals surface area (Å²) in [6.45, 7) is 4.31. The van der Waals surface area contributed by atoms with Gasteiger partial charge in [-0.3, -0.25) is 14.7 Å². The minimum Gasteiger partial charge on any atom is -0.469 e. The summed E-state index contributed by atoms with van der Waals surface area (Å²) < 4.78 is 4.67. The van der Waals surface area contributed by atoms with Gasteiger partial charge in [0.15, 0.2) is 5.96 Å². The number of hydrogen-bond donors (Lipinski definition) is 2. The molecule has 2 aliphatic rings. The van der Waals surface area contributed by atoms with Gasteiger partial charge in [0.1, 0.15) is 0 Å². The van der Waals surface area contributed by atoms with Crippen LogP contribution in [0, 0.1) is 0 Å². The lowest BCUT2D eigenvalue weighted by Gasteiger charge is -2.48. The summed E-state index contributed by atoms with van der Waals surface area (Å²) in [5.41, 5.74) is 0.307. The van der Waals surface area contributed by atoms with Crippen molar-refractivity contribution in [3.05, 3.63) is 0 Å². The Hall–Kier alpha value is -0.570. The Balaban J connectivity index is 0.00000364. The van der Waals surface area contributed by atoms with E-state index in [9.17, 15) is 4.79 Å². The maximum atomic E-state index is 11.1. The zero-order valence-corrected chi connectivity index (χ0v) is 19.6. The lowest BCUT2D eigenvalue weighted by molar-refractivity contribution is -0.140. The molecule has 27 heavy (non-hydrogen) atoms. The fraction of sp³-hybridized carbons (Fsp3) is 0.900. The summed E-state index contributed by atoms with van der Waals surface area (Å²) >= 11 is 0. The van der Waals surface area contributed by atoms with E-state index < -0.39 is 0 Å². The van der Waals surface area contributed by atoms with E-state index in [0.29, 0.717) is 12.0 Å². The average Bonchev–Trinajstić information content (AvgIpc) is 2.71. The van der Waals surface area contributed by atoms with Gasteiger partial charge in [-0.1, -0.05) is 25.7 Å². The van der Waals surface area contributed by atoms with Gasteiger partial charge in [-0.25, -0.2) is 0 Å². The van der Waals surface area contributed by atoms with Crippen molar-refractivity contribution in [3.63, 3.8) is 0 Å². The average molecular weight is 494 g/mol. The van der Waals surface area contributed by atoms with E-state index in [0.717, 1.165) is 31.9 Å². The number of aliphatic imine (C=N–C) groups is 1. The third-order valence-corrected chi connectivity index (χ3v) is 5.95. The molecule has 0 amide bonds. The van der Waals surface area contributed by atoms with Crippen molar-refractivity contribution in [2.75, 3.05) is 40.3 Å². The lowest BCUT2D eigenvalue weighted by Crippen LogP contribution is -2.59. The first-order valence-electron chi connectivity index (χ1n) is 10.5. The van der Waals surface area contributed by atoms with Crippen molar-refractivity contribution >= 4 is 35.9 Å². The van der Waals surface area contributed by atoms with Crippen molar-refractivity contribution in [2.24, 2.45) is 4.99 Å². The first kappa shape index (κ1) is 24.5. The van der Waals surface area contributed by atoms with Gasteiger partial charge in [0, 0.05) is 32.1 Å². The van der Waals surface area contributed by atoms with E-state index in [1.54, 1.807) is 0 Å². The highest BCUT2D eigenvalue weighted by atomic mass is 127. The number of nitrogens with zero attached hydrogens (tertiary/aromatic N) is 2. The molecule has 0 aromatic heterocycles. The number of carbonyl (C=O) groups excluding carboxylic acids is 1. The van der Waals surface area contributed by atoms with E-state index in [1.165, 1.54) is 71.6 Å². The van der Waals surface area contributed by atoms with Crippen molar-refractivity contribution in [2.45, 2.75) is 76.2 Å². The summed E-state index contributed by atoms with van der Waals surface area (Å²) in [6.07, 6.45) is 13.0. The third-order valence-electron chi connectivity index (χ3n) is 5.95. The van der Waals surface area contributed by atoms with Crippen LogP contribution in [0.25, 0.3) is 0 Å². The minimum atomic E-state index is -0.131. The van der Waals surface area contributed by atoms with E-state index in [1.807, 2.05) is 7.05 Å². The number of ether oxygens (including phenoxy) is 1. The van der Waals surface area contributed by atoms with Gasteiger partial charge in [-0.2, -0.15) is 0 Å². The van der Waals surface area contributed by atoms with Gasteiger partial charge < -0.3 is 15.4 Å². The summed E-state index contributed by atoms with van der Waals surface area (Å²) in [7, 11) is 3.27. The molecule has 1 heterocycles. The van der Waals surface area contributed by atoms with Gasteiger partial charge in [-0.05, 0) is 51.6 Å². The fourth-order valence-corrected chi connectivity index (χ4v) is 4.36. The molecule has 2 N–H and O–H groups in total.